The number of rotatable bonds is 13. The Morgan fingerprint density at radius 3 is 2.17 bits per heavy atom. The third kappa shape index (κ3) is 11.5. The quantitative estimate of drug-likeness (QED) is 0.0605. The zero-order valence-electron chi connectivity index (χ0n) is 16.9. The van der Waals surface area contributed by atoms with Gasteiger partial charge in [-0.05, 0) is 32.1 Å². The average molecular weight is 416 g/mol. The van der Waals surface area contributed by atoms with Crippen molar-refractivity contribution in [2.24, 2.45) is 17.6 Å². The molecule has 3 amide bonds. The maximum absolute atomic E-state index is 12.7. The summed E-state index contributed by atoms with van der Waals surface area (Å²) in [6.07, 6.45) is 0.618. The lowest BCUT2D eigenvalue weighted by Gasteiger charge is -2.24. The Kier molecular flexibility index (Phi) is 12.0. The van der Waals surface area contributed by atoms with Gasteiger partial charge in [0.15, 0.2) is 5.96 Å². The SMILES string of the molecule is CC(C)CC(CC(=O)NO)C(=O)N[C@@H](CCCNC(=N)N)C(=O)N[C@@H](C)C(=O)O. The van der Waals surface area contributed by atoms with E-state index < -0.39 is 41.7 Å². The van der Waals surface area contributed by atoms with E-state index in [0.717, 1.165) is 0 Å². The number of aliphatic carboxylic acids is 1. The molecular formula is C17H32N6O6. The van der Waals surface area contributed by atoms with Gasteiger partial charge in [0.25, 0.3) is 0 Å². The lowest BCUT2D eigenvalue weighted by Crippen LogP contribution is -2.52. The molecule has 0 aliphatic rings. The molecule has 0 fully saturated rings. The molecule has 12 nitrogen and oxygen atoms in total. The van der Waals surface area contributed by atoms with Crippen LogP contribution in [0, 0.1) is 17.2 Å². The minimum Gasteiger partial charge on any atom is -0.480 e. The summed E-state index contributed by atoms with van der Waals surface area (Å²) in [6, 6.07) is -2.19. The van der Waals surface area contributed by atoms with Crippen molar-refractivity contribution >= 4 is 29.7 Å². The molecule has 0 aliphatic heterocycles. The van der Waals surface area contributed by atoms with Crippen molar-refractivity contribution in [3.05, 3.63) is 0 Å². The number of carbonyl (C=O) groups is 4. The molecule has 0 saturated carbocycles. The fourth-order valence-corrected chi connectivity index (χ4v) is 2.58. The van der Waals surface area contributed by atoms with Crippen LogP contribution in [0.15, 0.2) is 0 Å². The fraction of sp³-hybridized carbons (Fsp3) is 0.706. The van der Waals surface area contributed by atoms with Crippen LogP contribution in [0.25, 0.3) is 0 Å². The van der Waals surface area contributed by atoms with Gasteiger partial charge >= 0.3 is 5.97 Å². The first kappa shape index (κ1) is 26.1. The number of amides is 3. The van der Waals surface area contributed by atoms with E-state index in [1.807, 2.05) is 13.8 Å². The number of nitrogens with two attached hydrogens (primary N) is 1. The topological polar surface area (TPSA) is 207 Å². The first-order valence-corrected chi connectivity index (χ1v) is 9.32. The molecule has 0 aromatic rings. The molecule has 166 valence electrons. The molecule has 0 aliphatic carbocycles. The highest BCUT2D eigenvalue weighted by Gasteiger charge is 2.29. The lowest BCUT2D eigenvalue weighted by atomic mass is 9.92. The Morgan fingerprint density at radius 1 is 1.07 bits per heavy atom. The first-order chi connectivity index (χ1) is 13.5. The summed E-state index contributed by atoms with van der Waals surface area (Å²) < 4.78 is 0. The van der Waals surface area contributed by atoms with Crippen molar-refractivity contribution in [1.29, 1.82) is 5.41 Å². The van der Waals surface area contributed by atoms with Crippen LogP contribution in [0.1, 0.15) is 46.5 Å². The zero-order valence-corrected chi connectivity index (χ0v) is 16.9. The van der Waals surface area contributed by atoms with E-state index in [9.17, 15) is 19.2 Å². The van der Waals surface area contributed by atoms with Crippen molar-refractivity contribution in [3.63, 3.8) is 0 Å². The fourth-order valence-electron chi connectivity index (χ4n) is 2.58. The molecule has 0 rings (SSSR count). The van der Waals surface area contributed by atoms with Crippen LogP contribution in [-0.4, -0.2) is 58.6 Å². The van der Waals surface area contributed by atoms with Gasteiger partial charge in [0.1, 0.15) is 12.1 Å². The van der Waals surface area contributed by atoms with Gasteiger partial charge in [0.2, 0.25) is 17.7 Å². The summed E-state index contributed by atoms with van der Waals surface area (Å²) in [5, 5.41) is 32.3. The third-order valence-electron chi connectivity index (χ3n) is 4.03. The summed E-state index contributed by atoms with van der Waals surface area (Å²) >= 11 is 0. The molecule has 9 N–H and O–H groups in total. The standard InChI is InChI=1S/C17H32N6O6/c1-9(2)7-11(8-13(24)23-29)14(25)22-12(5-4-6-20-17(18)19)15(26)21-10(3)16(27)28/h9-12,29H,4-8H2,1-3H3,(H,21,26)(H,22,25)(H,23,24)(H,27,28)(H4,18,19,20)/t10-,11?,12-/m0/s1. The van der Waals surface area contributed by atoms with Gasteiger partial charge in [-0.2, -0.15) is 0 Å². The lowest BCUT2D eigenvalue weighted by molar-refractivity contribution is -0.142. The third-order valence-corrected chi connectivity index (χ3v) is 4.03. The highest BCUT2D eigenvalue weighted by Crippen LogP contribution is 2.16. The van der Waals surface area contributed by atoms with Crippen LogP contribution in [-0.2, 0) is 19.2 Å². The maximum atomic E-state index is 12.7. The van der Waals surface area contributed by atoms with E-state index in [1.165, 1.54) is 12.4 Å². The molecule has 0 radical (unpaired) electrons. The van der Waals surface area contributed by atoms with Gasteiger partial charge in [-0.1, -0.05) is 13.8 Å². The van der Waals surface area contributed by atoms with E-state index >= 15 is 0 Å². The summed E-state index contributed by atoms with van der Waals surface area (Å²) in [5.74, 6) is -4.10. The molecule has 3 atom stereocenters. The number of nitrogens with one attached hydrogen (secondary N) is 5. The van der Waals surface area contributed by atoms with Crippen molar-refractivity contribution in [1.82, 2.24) is 21.4 Å². The van der Waals surface area contributed by atoms with Gasteiger partial charge in [0.05, 0.1) is 0 Å². The van der Waals surface area contributed by atoms with Crippen LogP contribution in [0.3, 0.4) is 0 Å². The Morgan fingerprint density at radius 2 is 1.69 bits per heavy atom. The Hall–Kier alpha value is -2.89. The monoisotopic (exact) mass is 416 g/mol. The van der Waals surface area contributed by atoms with E-state index in [4.69, 9.17) is 21.5 Å². The predicted molar refractivity (Wildman–Crippen MR) is 104 cm³/mol. The molecular weight excluding hydrogens is 384 g/mol. The summed E-state index contributed by atoms with van der Waals surface area (Å²) in [4.78, 5) is 47.6. The van der Waals surface area contributed by atoms with Gasteiger partial charge in [0, 0.05) is 18.9 Å². The molecule has 29 heavy (non-hydrogen) atoms. The second-order valence-corrected chi connectivity index (χ2v) is 7.18. The van der Waals surface area contributed by atoms with Crippen molar-refractivity contribution in [2.75, 3.05) is 6.54 Å². The number of hydroxylamine groups is 1. The second kappa shape index (κ2) is 13.3. The molecule has 0 spiro atoms. The predicted octanol–water partition coefficient (Wildman–Crippen LogP) is -1.12. The average Bonchev–Trinajstić information content (AvgIpc) is 2.62. The van der Waals surface area contributed by atoms with Gasteiger partial charge in [-0.15, -0.1) is 0 Å². The molecule has 12 heteroatoms. The number of guanidine groups is 1. The molecule has 0 bridgehead atoms. The number of carboxylic acids is 1. The number of hydrogen-bond acceptors (Lipinski definition) is 6. The maximum Gasteiger partial charge on any atom is 0.325 e. The summed E-state index contributed by atoms with van der Waals surface area (Å²) in [7, 11) is 0. The van der Waals surface area contributed by atoms with Crippen LogP contribution in [0.4, 0.5) is 0 Å². The minimum absolute atomic E-state index is 0.0799. The number of carbonyl (C=O) groups excluding carboxylic acids is 3. The van der Waals surface area contributed by atoms with E-state index in [-0.39, 0.29) is 31.3 Å². The van der Waals surface area contributed by atoms with Crippen molar-refractivity contribution < 1.29 is 29.5 Å². The molecule has 0 saturated heterocycles. The summed E-state index contributed by atoms with van der Waals surface area (Å²) in [5.41, 5.74) is 6.68. The molecule has 0 heterocycles. The zero-order chi connectivity index (χ0) is 22.6. The molecule has 0 aromatic heterocycles. The van der Waals surface area contributed by atoms with E-state index in [2.05, 4.69) is 16.0 Å². The number of carboxylic acid groups (broad SMARTS) is 1. The van der Waals surface area contributed by atoms with E-state index in [0.29, 0.717) is 12.8 Å². The van der Waals surface area contributed by atoms with Gasteiger partial charge < -0.3 is 26.8 Å². The smallest absolute Gasteiger partial charge is 0.325 e. The Balaban J connectivity index is 5.20. The van der Waals surface area contributed by atoms with Crippen LogP contribution < -0.4 is 27.2 Å². The van der Waals surface area contributed by atoms with E-state index in [1.54, 1.807) is 0 Å². The molecule has 1 unspecified atom stereocenters. The minimum atomic E-state index is -1.22. The van der Waals surface area contributed by atoms with Gasteiger partial charge in [-0.3, -0.25) is 29.8 Å². The first-order valence-electron chi connectivity index (χ1n) is 9.32. The summed E-state index contributed by atoms with van der Waals surface area (Å²) in [6.45, 7) is 5.31. The van der Waals surface area contributed by atoms with Crippen LogP contribution in [0.5, 0.6) is 0 Å². The van der Waals surface area contributed by atoms with Crippen molar-refractivity contribution in [2.45, 2.75) is 58.5 Å². The van der Waals surface area contributed by atoms with Crippen LogP contribution in [0.2, 0.25) is 0 Å². The largest absolute Gasteiger partial charge is 0.480 e. The number of hydrogen-bond donors (Lipinski definition) is 8. The van der Waals surface area contributed by atoms with Crippen molar-refractivity contribution in [3.8, 4) is 0 Å². The second-order valence-electron chi connectivity index (χ2n) is 7.18. The van der Waals surface area contributed by atoms with Gasteiger partial charge in [-0.25, -0.2) is 5.48 Å². The normalized spacial score (nSPS) is 13.7. The molecule has 0 aromatic carbocycles. The van der Waals surface area contributed by atoms with Crippen LogP contribution >= 0.6 is 0 Å². The highest BCUT2D eigenvalue weighted by molar-refractivity contribution is 5.92. The highest BCUT2D eigenvalue weighted by atomic mass is 16.5. The Bertz CT molecular complexity index is 597. The Labute approximate surface area is 169 Å².